The van der Waals surface area contributed by atoms with E-state index in [1.807, 2.05) is 145 Å². The van der Waals surface area contributed by atoms with E-state index in [2.05, 4.69) is 0 Å². The summed E-state index contributed by atoms with van der Waals surface area (Å²) < 4.78 is 37.7. The van der Waals surface area contributed by atoms with Gasteiger partial charge in [0.1, 0.15) is 5.75 Å². The van der Waals surface area contributed by atoms with Gasteiger partial charge in [-0.05, 0) is 64.1 Å². The number of nitrogens with zero attached hydrogens (tertiary/aromatic N) is 3. The van der Waals surface area contributed by atoms with E-state index >= 15 is 4.79 Å². The number of aromatic hydroxyl groups is 1. The lowest BCUT2D eigenvalue weighted by molar-refractivity contribution is -0.0213. The van der Waals surface area contributed by atoms with Crippen molar-refractivity contribution in [2.24, 2.45) is 0 Å². The first-order valence-electron chi connectivity index (χ1n) is 19.9. The van der Waals surface area contributed by atoms with Crippen molar-refractivity contribution in [3.05, 3.63) is 197 Å². The fourth-order valence-electron chi connectivity index (χ4n) is 7.14. The van der Waals surface area contributed by atoms with Crippen LogP contribution in [-0.2, 0) is 52.9 Å². The van der Waals surface area contributed by atoms with Gasteiger partial charge in [0, 0.05) is 19.6 Å². The molecule has 0 radical (unpaired) electrons. The highest BCUT2D eigenvalue weighted by Crippen LogP contribution is 2.50. The van der Waals surface area contributed by atoms with Gasteiger partial charge in [0.15, 0.2) is 17.8 Å². The van der Waals surface area contributed by atoms with Crippen molar-refractivity contribution in [1.29, 1.82) is 0 Å². The van der Waals surface area contributed by atoms with Crippen LogP contribution in [0.4, 0.5) is 4.79 Å². The highest BCUT2D eigenvalue weighted by atomic mass is 31.2. The predicted molar refractivity (Wildman–Crippen MR) is 230 cm³/mol. The summed E-state index contributed by atoms with van der Waals surface area (Å²) in [4.78, 5) is 16.9. The van der Waals surface area contributed by atoms with E-state index in [1.165, 1.54) is 7.11 Å². The fourth-order valence-corrected chi connectivity index (χ4v) is 8.36. The Labute approximate surface area is 351 Å². The van der Waals surface area contributed by atoms with Crippen LogP contribution in [0.2, 0.25) is 0 Å². The molecule has 7 rings (SSSR count). The van der Waals surface area contributed by atoms with Crippen molar-refractivity contribution in [3.63, 3.8) is 0 Å². The Hall–Kier alpha value is -5.94. The monoisotopic (exact) mass is 827 g/mol. The third-order valence-electron chi connectivity index (χ3n) is 10.3. The average Bonchev–Trinajstić information content (AvgIpc) is 3.36. The predicted octanol–water partition coefficient (Wildman–Crippen LogP) is 9.19. The molecule has 2 amide bonds. The second-order valence-corrected chi connectivity index (χ2v) is 16.7. The zero-order chi connectivity index (χ0) is 41.7. The van der Waals surface area contributed by atoms with Gasteiger partial charge in [0.25, 0.3) is 0 Å². The average molecular weight is 828 g/mol. The zero-order valence-corrected chi connectivity index (χ0v) is 34.4. The van der Waals surface area contributed by atoms with Gasteiger partial charge in [-0.25, -0.2) is 9.80 Å². The molecule has 0 saturated carbocycles. The normalized spacial score (nSPS) is 16.1. The minimum Gasteiger partial charge on any atom is -0.504 e. The number of rotatable bonds is 18. The molecule has 1 aliphatic rings. The molecule has 0 aliphatic carbocycles. The van der Waals surface area contributed by atoms with E-state index < -0.39 is 19.7 Å². The number of aliphatic hydroxyl groups excluding tert-OH is 1. The number of benzene rings is 6. The van der Waals surface area contributed by atoms with Gasteiger partial charge in [0.2, 0.25) is 0 Å². The maximum Gasteiger partial charge on any atom is 0.368 e. The van der Waals surface area contributed by atoms with Crippen LogP contribution < -0.4 is 9.47 Å². The Bertz CT molecular complexity index is 2270. The molecule has 1 saturated heterocycles. The molecule has 1 fully saturated rings. The quantitative estimate of drug-likeness (QED) is 0.0818. The second kappa shape index (κ2) is 20.4. The number of phenolic OH excluding ortho intramolecular Hbond substituents is 1. The Morgan fingerprint density at radius 3 is 1.78 bits per heavy atom. The number of aliphatic hydroxyl groups is 1. The van der Waals surface area contributed by atoms with E-state index in [1.54, 1.807) is 34.2 Å². The van der Waals surface area contributed by atoms with Crippen LogP contribution in [0, 0.1) is 0 Å². The molecule has 6 aromatic rings. The molecule has 6 aromatic carbocycles. The molecule has 2 N–H and O–H groups in total. The van der Waals surface area contributed by atoms with Crippen molar-refractivity contribution >= 4 is 13.6 Å². The molecule has 11 nitrogen and oxygen atoms in total. The summed E-state index contributed by atoms with van der Waals surface area (Å²) in [5.74, 6) is 0.699. The molecule has 0 spiro atoms. The highest BCUT2D eigenvalue weighted by molar-refractivity contribution is 7.53. The first kappa shape index (κ1) is 42.2. The fraction of sp³-hybridized carbons (Fsp3) is 0.229. The SMILES string of the molecule is COc1cc(CN2C(=O)N(Cc3cccc(OCP(=O)(OCc4ccccc4)OCc4ccccc4)c3)N(Cc3ccccc3)C[C@@H](O)[C@H]2Cc2ccccc2)ccc1O. The topological polar surface area (TPSA) is 121 Å². The Morgan fingerprint density at radius 1 is 0.633 bits per heavy atom. The third-order valence-corrected chi connectivity index (χ3v) is 11.8. The molecule has 0 aromatic heterocycles. The van der Waals surface area contributed by atoms with Crippen LogP contribution in [0.15, 0.2) is 164 Å². The molecule has 60 heavy (non-hydrogen) atoms. The summed E-state index contributed by atoms with van der Waals surface area (Å²) in [6, 6.07) is 50.0. The zero-order valence-electron chi connectivity index (χ0n) is 33.5. The molecule has 0 bridgehead atoms. The number of hydrogen-bond acceptors (Lipinski definition) is 9. The lowest BCUT2D eigenvalue weighted by atomic mass is 9.99. The van der Waals surface area contributed by atoms with Crippen LogP contribution in [-0.4, -0.2) is 63.3 Å². The molecule has 0 unspecified atom stereocenters. The molecule has 12 heteroatoms. The van der Waals surface area contributed by atoms with Gasteiger partial charge in [0.05, 0.1) is 39.0 Å². The molecule has 2 atom stereocenters. The van der Waals surface area contributed by atoms with E-state index in [9.17, 15) is 14.8 Å². The van der Waals surface area contributed by atoms with Crippen LogP contribution in [0.25, 0.3) is 0 Å². The van der Waals surface area contributed by atoms with E-state index in [0.717, 1.165) is 33.4 Å². The molecular weight excluding hydrogens is 778 g/mol. The number of carbonyl (C=O) groups is 1. The first-order valence-corrected chi connectivity index (χ1v) is 21.6. The van der Waals surface area contributed by atoms with E-state index in [0.29, 0.717) is 18.7 Å². The lowest BCUT2D eigenvalue weighted by Crippen LogP contribution is -2.51. The Balaban J connectivity index is 1.17. The first-order chi connectivity index (χ1) is 29.2. The smallest absolute Gasteiger partial charge is 0.368 e. The van der Waals surface area contributed by atoms with Crippen molar-refractivity contribution in [1.82, 2.24) is 14.9 Å². The number of amides is 2. The van der Waals surface area contributed by atoms with Crippen LogP contribution in [0.1, 0.15) is 33.4 Å². The summed E-state index contributed by atoms with van der Waals surface area (Å²) in [5.41, 5.74) is 5.11. The second-order valence-electron chi connectivity index (χ2n) is 14.7. The molecule has 1 aliphatic heterocycles. The van der Waals surface area contributed by atoms with Gasteiger partial charge in [-0.15, -0.1) is 0 Å². The van der Waals surface area contributed by atoms with Crippen molar-refractivity contribution < 1.29 is 38.1 Å². The number of β-amino-alcohol motifs (C(OH)–C–C–N with tert-alkyl or cyclic N) is 1. The maximum atomic E-state index is 15.2. The lowest BCUT2D eigenvalue weighted by Gasteiger charge is -2.36. The van der Waals surface area contributed by atoms with Crippen LogP contribution in [0.3, 0.4) is 0 Å². The van der Waals surface area contributed by atoms with Crippen molar-refractivity contribution in [2.75, 3.05) is 20.0 Å². The van der Waals surface area contributed by atoms with Crippen LogP contribution in [0.5, 0.6) is 17.2 Å². The number of phenols is 1. The summed E-state index contributed by atoms with van der Waals surface area (Å²) in [5, 5.41) is 26.0. The largest absolute Gasteiger partial charge is 0.504 e. The minimum absolute atomic E-state index is 0.0102. The Morgan fingerprint density at radius 2 is 1.18 bits per heavy atom. The number of carbonyl (C=O) groups excluding carboxylic acids is 1. The van der Waals surface area contributed by atoms with Gasteiger partial charge in [-0.1, -0.05) is 140 Å². The van der Waals surface area contributed by atoms with Crippen molar-refractivity contribution in [2.45, 2.75) is 51.4 Å². The summed E-state index contributed by atoms with van der Waals surface area (Å²) in [7, 11) is -2.30. The summed E-state index contributed by atoms with van der Waals surface area (Å²) in [6.45, 7) is 0.966. The van der Waals surface area contributed by atoms with Gasteiger partial charge in [-0.3, -0.25) is 9.57 Å². The number of ether oxygens (including phenoxy) is 2. The number of hydrazine groups is 1. The van der Waals surface area contributed by atoms with Gasteiger partial charge in [-0.2, -0.15) is 0 Å². The van der Waals surface area contributed by atoms with Gasteiger partial charge >= 0.3 is 13.6 Å². The number of hydrogen-bond donors (Lipinski definition) is 2. The van der Waals surface area contributed by atoms with Gasteiger partial charge < -0.3 is 33.6 Å². The van der Waals surface area contributed by atoms with E-state index in [4.69, 9.17) is 18.5 Å². The van der Waals surface area contributed by atoms with Crippen molar-refractivity contribution in [3.8, 4) is 17.2 Å². The molecule has 310 valence electrons. The number of methoxy groups -OCH3 is 1. The highest BCUT2D eigenvalue weighted by Gasteiger charge is 2.40. The molecule has 1 heterocycles. The Kier molecular flexibility index (Phi) is 14.3. The summed E-state index contributed by atoms with van der Waals surface area (Å²) in [6.07, 6.45) is -0.855. The standard InChI is InChI=1S/C48H50N3O8P/c1-56-47-29-42(25-26-45(47)52)31-50-44(28-37-15-6-2-7-16-37)46(53)33-49(30-38-17-8-3-9-18-38)51(48(50)54)32-41-23-14-24-43(27-41)57-36-60(55,58-34-39-19-10-4-11-20-39)59-35-40-21-12-5-13-22-40/h2-27,29,44,46,52-53H,28,30-36H2,1H3/t44-,46-/m1/s1. The minimum atomic E-state index is -3.78. The maximum absolute atomic E-state index is 15.2. The summed E-state index contributed by atoms with van der Waals surface area (Å²) >= 11 is 0. The van der Waals surface area contributed by atoms with Crippen LogP contribution >= 0.6 is 7.60 Å². The third kappa shape index (κ3) is 11.4. The molecular formula is C48H50N3O8P. The number of urea groups is 1. The van der Waals surface area contributed by atoms with E-state index in [-0.39, 0.29) is 56.7 Å².